The number of sulfonamides is 1. The molecule has 1 fully saturated rings. The molecule has 3 aromatic rings. The molecule has 0 radical (unpaired) electrons. The number of hydrogen-bond donors (Lipinski definition) is 0. The van der Waals surface area contributed by atoms with Crippen LogP contribution in [0.4, 0.5) is 5.69 Å². The number of nitrogens with zero attached hydrogens (tertiary/aromatic N) is 5. The first-order chi connectivity index (χ1) is 15.4. The molecular weight excluding hydrogens is 434 g/mol. The van der Waals surface area contributed by atoms with Gasteiger partial charge < -0.3 is 4.57 Å². The van der Waals surface area contributed by atoms with Gasteiger partial charge in [0.05, 0.1) is 28.1 Å². The molecule has 0 bridgehead atoms. The fourth-order valence-corrected chi connectivity index (χ4v) is 6.69. The van der Waals surface area contributed by atoms with Crippen molar-refractivity contribution in [2.45, 2.75) is 83.6 Å². The van der Waals surface area contributed by atoms with E-state index in [-0.39, 0.29) is 10.3 Å². The maximum Gasteiger partial charge on any atom is 0.267 e. The van der Waals surface area contributed by atoms with E-state index in [2.05, 4.69) is 30.4 Å². The summed E-state index contributed by atoms with van der Waals surface area (Å²) in [4.78, 5) is 5.28. The summed E-state index contributed by atoms with van der Waals surface area (Å²) in [5.41, 5.74) is 3.56. The van der Waals surface area contributed by atoms with Gasteiger partial charge in [-0.2, -0.15) is 5.10 Å². The average Bonchev–Trinajstić information content (AvgIpc) is 3.24. The molecule has 0 atom stereocenters. The number of anilines is 1. The third-order valence-electron chi connectivity index (χ3n) is 6.99. The molecular formula is C25H37N5O2S. The van der Waals surface area contributed by atoms with E-state index in [9.17, 15) is 8.42 Å². The zero-order valence-corrected chi connectivity index (χ0v) is 21.8. The molecule has 1 saturated carbocycles. The lowest BCUT2D eigenvalue weighted by Crippen LogP contribution is -2.27. The van der Waals surface area contributed by atoms with Crippen molar-refractivity contribution in [3.8, 4) is 0 Å². The lowest BCUT2D eigenvalue weighted by Gasteiger charge is -2.26. The highest BCUT2D eigenvalue weighted by Crippen LogP contribution is 2.34. The van der Waals surface area contributed by atoms with Gasteiger partial charge in [0, 0.05) is 26.1 Å². The van der Waals surface area contributed by atoms with Gasteiger partial charge in [0.15, 0.2) is 0 Å². The first-order valence-corrected chi connectivity index (χ1v) is 13.3. The number of aromatic nitrogens is 4. The maximum absolute atomic E-state index is 13.5. The Morgan fingerprint density at radius 1 is 1.12 bits per heavy atom. The second-order valence-corrected chi connectivity index (χ2v) is 12.5. The minimum atomic E-state index is -3.74. The molecule has 0 spiro atoms. The Kier molecular flexibility index (Phi) is 6.10. The smallest absolute Gasteiger partial charge is 0.267 e. The van der Waals surface area contributed by atoms with Crippen LogP contribution in [0.1, 0.15) is 70.1 Å². The summed E-state index contributed by atoms with van der Waals surface area (Å²) in [6.07, 6.45) is 6.50. The molecule has 1 aliphatic rings. The van der Waals surface area contributed by atoms with Crippen LogP contribution in [-0.4, -0.2) is 34.8 Å². The van der Waals surface area contributed by atoms with Crippen molar-refractivity contribution < 1.29 is 8.42 Å². The molecule has 180 valence electrons. The van der Waals surface area contributed by atoms with E-state index >= 15 is 0 Å². The molecule has 0 unspecified atom stereocenters. The Labute approximate surface area is 197 Å². The maximum atomic E-state index is 13.5. The third kappa shape index (κ3) is 4.29. The molecule has 1 aliphatic carbocycles. The Morgan fingerprint density at radius 2 is 1.79 bits per heavy atom. The normalized spacial score (nSPS) is 16.0. The summed E-state index contributed by atoms with van der Waals surface area (Å²) in [7, 11) is -0.373. The van der Waals surface area contributed by atoms with Crippen molar-refractivity contribution in [1.82, 2.24) is 19.3 Å². The lowest BCUT2D eigenvalue weighted by atomic mass is 9.88. The average molecular weight is 472 g/mol. The summed E-state index contributed by atoms with van der Waals surface area (Å²) < 4.78 is 32.3. The molecule has 4 rings (SSSR count). The highest BCUT2D eigenvalue weighted by atomic mass is 32.2. The third-order valence-corrected chi connectivity index (χ3v) is 9.03. The van der Waals surface area contributed by atoms with Gasteiger partial charge >= 0.3 is 0 Å². The van der Waals surface area contributed by atoms with E-state index < -0.39 is 10.0 Å². The molecule has 2 aromatic heterocycles. The number of aryl methyl sites for hydroxylation is 2. The largest absolute Gasteiger partial charge is 0.327 e. The van der Waals surface area contributed by atoms with E-state index in [4.69, 9.17) is 4.98 Å². The Balaban J connectivity index is 1.76. The summed E-state index contributed by atoms with van der Waals surface area (Å²) in [5, 5.41) is 4.30. The van der Waals surface area contributed by atoms with Crippen LogP contribution >= 0.6 is 0 Å². The summed E-state index contributed by atoms with van der Waals surface area (Å²) in [6.45, 7) is 11.1. The van der Waals surface area contributed by atoms with Gasteiger partial charge in [0.25, 0.3) is 10.0 Å². The zero-order chi connectivity index (χ0) is 24.1. The molecule has 33 heavy (non-hydrogen) atoms. The van der Waals surface area contributed by atoms with E-state index in [0.717, 1.165) is 23.4 Å². The molecule has 0 N–H and O–H groups in total. The lowest BCUT2D eigenvalue weighted by molar-refractivity contribution is 0.313. The van der Waals surface area contributed by atoms with Gasteiger partial charge in [-0.3, -0.25) is 8.99 Å². The zero-order valence-electron chi connectivity index (χ0n) is 21.0. The van der Waals surface area contributed by atoms with Gasteiger partial charge in [-0.1, -0.05) is 40.0 Å². The van der Waals surface area contributed by atoms with E-state index in [1.165, 1.54) is 36.4 Å². The Morgan fingerprint density at radius 3 is 2.36 bits per heavy atom. The van der Waals surface area contributed by atoms with Crippen LogP contribution < -0.4 is 4.31 Å². The van der Waals surface area contributed by atoms with Crippen LogP contribution in [0.25, 0.3) is 11.0 Å². The van der Waals surface area contributed by atoms with Gasteiger partial charge in [-0.15, -0.1) is 0 Å². The number of fused-ring (bicyclic) bond motifs is 1. The van der Waals surface area contributed by atoms with Gasteiger partial charge in [0.2, 0.25) is 0 Å². The molecule has 2 heterocycles. The van der Waals surface area contributed by atoms with Crippen molar-refractivity contribution in [3.05, 3.63) is 35.4 Å². The van der Waals surface area contributed by atoms with Crippen LogP contribution in [-0.2, 0) is 29.0 Å². The van der Waals surface area contributed by atoms with Crippen LogP contribution in [0.15, 0.2) is 23.1 Å². The number of rotatable bonds is 5. The Bertz CT molecular complexity index is 1270. The fraction of sp³-hybridized carbons (Fsp3) is 0.600. The molecule has 0 amide bonds. The summed E-state index contributed by atoms with van der Waals surface area (Å²) in [5.74, 6) is 1.74. The van der Waals surface area contributed by atoms with Gasteiger partial charge in [-0.05, 0) is 50.8 Å². The standard InChI is InChI=1S/C25H37N5O2S/c1-17-23(18(2)28(6)27-17)33(31,32)29(7)20-13-14-22-21(15-20)26-24(25(3,4)5)30(22)16-19-11-9-8-10-12-19/h13-15,19H,8-12,16H2,1-7H3. The van der Waals surface area contributed by atoms with E-state index in [1.54, 1.807) is 32.6 Å². The van der Waals surface area contributed by atoms with Crippen molar-refractivity contribution in [2.24, 2.45) is 13.0 Å². The number of imidazole rings is 1. The van der Waals surface area contributed by atoms with Crippen LogP contribution in [0.5, 0.6) is 0 Å². The van der Waals surface area contributed by atoms with Crippen LogP contribution in [0.2, 0.25) is 0 Å². The SMILES string of the molecule is Cc1nn(C)c(C)c1S(=O)(=O)N(C)c1ccc2c(c1)nc(C(C)(C)C)n2CC1CCCCC1. The highest BCUT2D eigenvalue weighted by Gasteiger charge is 2.30. The monoisotopic (exact) mass is 471 g/mol. The van der Waals surface area contributed by atoms with Gasteiger partial charge in [0.1, 0.15) is 10.7 Å². The van der Waals surface area contributed by atoms with E-state index in [0.29, 0.717) is 23.0 Å². The molecule has 0 aliphatic heterocycles. The van der Waals surface area contributed by atoms with Crippen LogP contribution in [0.3, 0.4) is 0 Å². The second-order valence-electron chi connectivity index (χ2n) is 10.6. The van der Waals surface area contributed by atoms with Gasteiger partial charge in [-0.25, -0.2) is 13.4 Å². The molecule has 7 nitrogen and oxygen atoms in total. The first kappa shape index (κ1) is 23.8. The topological polar surface area (TPSA) is 73.0 Å². The minimum Gasteiger partial charge on any atom is -0.327 e. The first-order valence-electron chi connectivity index (χ1n) is 11.9. The Hall–Kier alpha value is -2.35. The fourth-order valence-electron chi connectivity index (χ4n) is 5.10. The van der Waals surface area contributed by atoms with Crippen molar-refractivity contribution >= 4 is 26.7 Å². The minimum absolute atomic E-state index is 0.101. The molecule has 1 aromatic carbocycles. The number of benzene rings is 1. The van der Waals surface area contributed by atoms with E-state index in [1.807, 2.05) is 18.2 Å². The number of hydrogen-bond acceptors (Lipinski definition) is 4. The quantitative estimate of drug-likeness (QED) is 0.520. The van der Waals surface area contributed by atoms with Crippen molar-refractivity contribution in [2.75, 3.05) is 11.4 Å². The predicted octanol–water partition coefficient (Wildman–Crippen LogP) is 5.09. The molecule has 8 heteroatoms. The second kappa shape index (κ2) is 8.46. The van der Waals surface area contributed by atoms with Crippen LogP contribution in [0, 0.1) is 19.8 Å². The van der Waals surface area contributed by atoms with Crippen molar-refractivity contribution in [1.29, 1.82) is 0 Å². The predicted molar refractivity (Wildman–Crippen MR) is 133 cm³/mol. The summed E-state index contributed by atoms with van der Waals surface area (Å²) in [6, 6.07) is 5.83. The highest BCUT2D eigenvalue weighted by molar-refractivity contribution is 7.92. The summed E-state index contributed by atoms with van der Waals surface area (Å²) >= 11 is 0. The molecule has 0 saturated heterocycles. The van der Waals surface area contributed by atoms with Crippen molar-refractivity contribution in [3.63, 3.8) is 0 Å².